The van der Waals surface area contributed by atoms with Gasteiger partial charge in [0.1, 0.15) is 5.58 Å². The molecular formula is C27H22F2N2O. The van der Waals surface area contributed by atoms with E-state index in [0.717, 1.165) is 55.2 Å². The highest BCUT2D eigenvalue weighted by Crippen LogP contribution is 2.46. The van der Waals surface area contributed by atoms with Crippen molar-refractivity contribution in [3.8, 4) is 11.3 Å². The lowest BCUT2D eigenvalue weighted by atomic mass is 9.91. The van der Waals surface area contributed by atoms with E-state index in [4.69, 9.17) is 9.40 Å². The molecule has 1 unspecified atom stereocenters. The summed E-state index contributed by atoms with van der Waals surface area (Å²) in [6, 6.07) is 16.1. The normalized spacial score (nSPS) is 18.2. The smallest absolute Gasteiger partial charge is 0.248 e. The molecule has 160 valence electrons. The molecule has 1 aliphatic carbocycles. The summed E-state index contributed by atoms with van der Waals surface area (Å²) in [5, 5.41) is 3.93. The van der Waals surface area contributed by atoms with Crippen LogP contribution in [0.4, 0.5) is 8.78 Å². The van der Waals surface area contributed by atoms with Gasteiger partial charge in [0.05, 0.1) is 5.69 Å². The summed E-state index contributed by atoms with van der Waals surface area (Å²) in [5.74, 6) is -2.72. The van der Waals surface area contributed by atoms with E-state index in [2.05, 4.69) is 24.0 Å². The van der Waals surface area contributed by atoms with E-state index in [1.165, 1.54) is 0 Å². The van der Waals surface area contributed by atoms with Crippen LogP contribution in [0.5, 0.6) is 0 Å². The topological polar surface area (TPSA) is 38.9 Å². The van der Waals surface area contributed by atoms with Crippen molar-refractivity contribution in [1.82, 2.24) is 9.97 Å². The van der Waals surface area contributed by atoms with Gasteiger partial charge in [-0.25, -0.2) is 13.8 Å². The van der Waals surface area contributed by atoms with Gasteiger partial charge in [0.2, 0.25) is 11.6 Å². The first-order valence-corrected chi connectivity index (χ1v) is 11.0. The van der Waals surface area contributed by atoms with Crippen molar-refractivity contribution in [2.45, 2.75) is 45.0 Å². The highest BCUT2D eigenvalue weighted by atomic mass is 19.3. The monoisotopic (exact) mass is 428 g/mol. The predicted octanol–water partition coefficient (Wildman–Crippen LogP) is 7.72. The number of hydrogen-bond acceptors (Lipinski definition) is 3. The Bertz CT molecular complexity index is 1520. The van der Waals surface area contributed by atoms with E-state index in [0.29, 0.717) is 12.1 Å². The Labute approximate surface area is 184 Å². The summed E-state index contributed by atoms with van der Waals surface area (Å²) in [5.41, 5.74) is 6.04. The molecule has 3 heterocycles. The van der Waals surface area contributed by atoms with Crippen LogP contribution in [0.25, 0.3) is 44.1 Å². The fraction of sp³-hybridized carbons (Fsp3) is 0.259. The lowest BCUT2D eigenvalue weighted by Crippen LogP contribution is -2.09. The number of hydrogen-bond donors (Lipinski definition) is 0. The minimum absolute atomic E-state index is 0.0457. The van der Waals surface area contributed by atoms with Crippen LogP contribution >= 0.6 is 0 Å². The standard InChI is InChI=1S/C27H22F2N2O/c1-15-12-22-21-7-6-16(2)31-26(21)32-25(22)23(13-15)24-20-5-3-4-18(19(20)9-11-30-24)17-8-10-27(28,29)14-17/h3-7,9,11-13,17H,8,10,14H2,1-2H3. The van der Waals surface area contributed by atoms with Gasteiger partial charge in [0, 0.05) is 46.5 Å². The highest BCUT2D eigenvalue weighted by molar-refractivity contribution is 6.11. The van der Waals surface area contributed by atoms with Gasteiger partial charge in [-0.3, -0.25) is 4.98 Å². The maximum atomic E-state index is 13.9. The SMILES string of the molecule is Cc1cc(-c2nccc3c(C4CCC(F)(F)C4)cccc23)c2oc3nc(C)ccc3c2c1. The molecule has 0 aliphatic heterocycles. The van der Waals surface area contributed by atoms with E-state index < -0.39 is 5.92 Å². The Morgan fingerprint density at radius 2 is 1.84 bits per heavy atom. The third-order valence-electron chi connectivity index (χ3n) is 6.66. The predicted molar refractivity (Wildman–Crippen MR) is 123 cm³/mol. The summed E-state index contributed by atoms with van der Waals surface area (Å²) in [6.45, 7) is 4.00. The average molecular weight is 428 g/mol. The Morgan fingerprint density at radius 1 is 0.969 bits per heavy atom. The van der Waals surface area contributed by atoms with E-state index >= 15 is 0 Å². The molecule has 3 aromatic heterocycles. The number of rotatable bonds is 2. The molecule has 5 heteroatoms. The van der Waals surface area contributed by atoms with Gasteiger partial charge in [-0.2, -0.15) is 0 Å². The molecule has 0 bridgehead atoms. The zero-order valence-corrected chi connectivity index (χ0v) is 18.0. The molecule has 1 atom stereocenters. The number of pyridine rings is 2. The van der Waals surface area contributed by atoms with Crippen molar-refractivity contribution in [2.75, 3.05) is 0 Å². The van der Waals surface area contributed by atoms with E-state index in [1.54, 1.807) is 6.20 Å². The molecule has 0 spiro atoms. The lowest BCUT2D eigenvalue weighted by molar-refractivity contribution is 0.00780. The summed E-state index contributed by atoms with van der Waals surface area (Å²) in [4.78, 5) is 9.29. The Morgan fingerprint density at radius 3 is 2.66 bits per heavy atom. The largest absolute Gasteiger partial charge is 0.437 e. The van der Waals surface area contributed by atoms with Crippen LogP contribution in [-0.4, -0.2) is 15.9 Å². The van der Waals surface area contributed by atoms with Crippen LogP contribution in [0.2, 0.25) is 0 Å². The molecule has 0 N–H and O–H groups in total. The van der Waals surface area contributed by atoms with Crippen molar-refractivity contribution in [2.24, 2.45) is 0 Å². The third-order valence-corrected chi connectivity index (χ3v) is 6.66. The zero-order chi connectivity index (χ0) is 22.0. The molecule has 1 aliphatic rings. The van der Waals surface area contributed by atoms with Crippen molar-refractivity contribution in [1.29, 1.82) is 0 Å². The minimum atomic E-state index is -2.58. The fourth-order valence-corrected chi connectivity index (χ4v) is 5.19. The molecule has 32 heavy (non-hydrogen) atoms. The number of nitrogens with zero attached hydrogens (tertiary/aromatic N) is 2. The van der Waals surface area contributed by atoms with Crippen LogP contribution in [0, 0.1) is 13.8 Å². The molecule has 5 aromatic rings. The van der Waals surface area contributed by atoms with Crippen molar-refractivity contribution >= 4 is 32.8 Å². The fourth-order valence-electron chi connectivity index (χ4n) is 5.19. The molecular weight excluding hydrogens is 406 g/mol. The summed E-state index contributed by atoms with van der Waals surface area (Å²) in [6.07, 6.45) is 2.14. The van der Waals surface area contributed by atoms with Gasteiger partial charge in [0.15, 0.2) is 0 Å². The summed E-state index contributed by atoms with van der Waals surface area (Å²) in [7, 11) is 0. The second kappa shape index (κ2) is 6.83. The van der Waals surface area contributed by atoms with Gasteiger partial charge in [-0.15, -0.1) is 0 Å². The number of benzene rings is 2. The summed E-state index contributed by atoms with van der Waals surface area (Å²) < 4.78 is 34.1. The molecule has 0 radical (unpaired) electrons. The molecule has 1 fully saturated rings. The van der Waals surface area contributed by atoms with E-state index in [1.807, 2.05) is 43.3 Å². The van der Waals surface area contributed by atoms with Crippen LogP contribution < -0.4 is 0 Å². The molecule has 6 rings (SSSR count). The third kappa shape index (κ3) is 2.99. The number of aryl methyl sites for hydroxylation is 2. The molecule has 1 saturated carbocycles. The molecule has 0 amide bonds. The van der Waals surface area contributed by atoms with Gasteiger partial charge < -0.3 is 4.42 Å². The Kier molecular flexibility index (Phi) is 4.13. The molecule has 3 nitrogen and oxygen atoms in total. The summed E-state index contributed by atoms with van der Waals surface area (Å²) >= 11 is 0. The number of fused-ring (bicyclic) bond motifs is 4. The molecule has 2 aromatic carbocycles. The number of aromatic nitrogens is 2. The first-order chi connectivity index (χ1) is 15.4. The number of furan rings is 1. The van der Waals surface area contributed by atoms with Crippen LogP contribution in [-0.2, 0) is 0 Å². The van der Waals surface area contributed by atoms with Crippen molar-refractivity contribution in [3.63, 3.8) is 0 Å². The first kappa shape index (κ1) is 19.4. The average Bonchev–Trinajstić information content (AvgIpc) is 3.31. The van der Waals surface area contributed by atoms with Crippen molar-refractivity contribution < 1.29 is 13.2 Å². The Balaban J connectivity index is 1.61. The van der Waals surface area contributed by atoms with Crippen LogP contribution in [0.1, 0.15) is 42.0 Å². The van der Waals surface area contributed by atoms with Crippen LogP contribution in [0.15, 0.2) is 59.1 Å². The second-order valence-electron chi connectivity index (χ2n) is 8.99. The quantitative estimate of drug-likeness (QED) is 0.289. The maximum absolute atomic E-state index is 13.9. The highest BCUT2D eigenvalue weighted by Gasteiger charge is 2.40. The van der Waals surface area contributed by atoms with Crippen LogP contribution in [0.3, 0.4) is 0 Å². The van der Waals surface area contributed by atoms with Gasteiger partial charge in [-0.1, -0.05) is 18.2 Å². The second-order valence-corrected chi connectivity index (χ2v) is 8.99. The van der Waals surface area contributed by atoms with Gasteiger partial charge >= 0.3 is 0 Å². The van der Waals surface area contributed by atoms with Crippen molar-refractivity contribution in [3.05, 3.63) is 71.5 Å². The van der Waals surface area contributed by atoms with Gasteiger partial charge in [0.25, 0.3) is 0 Å². The lowest BCUT2D eigenvalue weighted by Gasteiger charge is -2.15. The first-order valence-electron chi connectivity index (χ1n) is 11.0. The van der Waals surface area contributed by atoms with E-state index in [9.17, 15) is 8.78 Å². The zero-order valence-electron chi connectivity index (χ0n) is 18.0. The Hall–Kier alpha value is -3.34. The maximum Gasteiger partial charge on any atom is 0.248 e. The molecule has 0 saturated heterocycles. The van der Waals surface area contributed by atoms with Gasteiger partial charge in [-0.05, 0) is 73.0 Å². The van der Waals surface area contributed by atoms with E-state index in [-0.39, 0.29) is 18.8 Å². The number of halogens is 2. The number of alkyl halides is 2. The minimum Gasteiger partial charge on any atom is -0.437 e.